The van der Waals surface area contributed by atoms with Gasteiger partial charge in [0.25, 0.3) is 0 Å². The highest BCUT2D eigenvalue weighted by Crippen LogP contribution is 2.48. The second kappa shape index (κ2) is 11.3. The maximum absolute atomic E-state index is 14.6. The molecule has 5 rings (SSSR count). The first kappa shape index (κ1) is 25.9. The van der Waals surface area contributed by atoms with Crippen molar-refractivity contribution in [2.75, 3.05) is 5.75 Å². The normalized spacial score (nSPS) is 13.4. The van der Waals surface area contributed by atoms with Crippen molar-refractivity contribution in [2.24, 2.45) is 5.41 Å². The van der Waals surface area contributed by atoms with Crippen molar-refractivity contribution in [1.29, 1.82) is 5.26 Å². The molecule has 186 valence electrons. The standard InChI is InChI=1S/C33H25BrN2OS/c1-23-9-5-7-13-28(23)30(31-29-14-8-6-10-24(29)19-20-36-31)33(21-35,22-38-27-11-3-2-4-12-27)32(37)25-15-17-26(34)18-16-25/h2-20,30H,22H2,1H3/t30-,33+/m1/s1. The summed E-state index contributed by atoms with van der Waals surface area (Å²) in [5.41, 5.74) is 1.75. The molecule has 0 saturated carbocycles. The Balaban J connectivity index is 1.79. The summed E-state index contributed by atoms with van der Waals surface area (Å²) in [6, 6.07) is 37.8. The summed E-state index contributed by atoms with van der Waals surface area (Å²) >= 11 is 5.00. The first-order valence-corrected chi connectivity index (χ1v) is 14.1. The minimum Gasteiger partial charge on any atom is -0.292 e. The lowest BCUT2D eigenvalue weighted by atomic mass is 9.67. The Morgan fingerprint density at radius 1 is 0.921 bits per heavy atom. The molecule has 2 atom stereocenters. The van der Waals surface area contributed by atoms with E-state index >= 15 is 0 Å². The van der Waals surface area contributed by atoms with Gasteiger partial charge in [0.1, 0.15) is 5.41 Å². The Bertz CT molecular complexity index is 1620. The molecular weight excluding hydrogens is 552 g/mol. The zero-order chi connectivity index (χ0) is 26.5. The lowest BCUT2D eigenvalue weighted by Crippen LogP contribution is -2.40. The van der Waals surface area contributed by atoms with Crippen LogP contribution in [0.25, 0.3) is 10.8 Å². The second-order valence-corrected chi connectivity index (χ2v) is 11.2. The zero-order valence-electron chi connectivity index (χ0n) is 20.8. The molecule has 5 heteroatoms. The van der Waals surface area contributed by atoms with Crippen LogP contribution in [0.3, 0.4) is 0 Å². The molecule has 0 aliphatic heterocycles. The third-order valence-corrected chi connectivity index (χ3v) is 8.62. The van der Waals surface area contributed by atoms with E-state index in [0.29, 0.717) is 5.56 Å². The van der Waals surface area contributed by atoms with E-state index < -0.39 is 11.3 Å². The van der Waals surface area contributed by atoms with Gasteiger partial charge in [0.2, 0.25) is 0 Å². The summed E-state index contributed by atoms with van der Waals surface area (Å²) < 4.78 is 0.876. The number of hydrogen-bond donors (Lipinski definition) is 0. The molecule has 0 N–H and O–H groups in total. The first-order valence-electron chi connectivity index (χ1n) is 12.3. The van der Waals surface area contributed by atoms with E-state index in [1.807, 2.05) is 104 Å². The fourth-order valence-corrected chi connectivity index (χ4v) is 6.30. The smallest absolute Gasteiger partial charge is 0.184 e. The Morgan fingerprint density at radius 3 is 2.34 bits per heavy atom. The van der Waals surface area contributed by atoms with Crippen LogP contribution < -0.4 is 0 Å². The molecule has 38 heavy (non-hydrogen) atoms. The molecule has 0 saturated heterocycles. The number of carbonyl (C=O) groups is 1. The van der Waals surface area contributed by atoms with Gasteiger partial charge in [0, 0.05) is 32.3 Å². The summed E-state index contributed by atoms with van der Waals surface area (Å²) in [4.78, 5) is 20.5. The molecule has 1 aromatic heterocycles. The van der Waals surface area contributed by atoms with Gasteiger partial charge in [-0.1, -0.05) is 94.8 Å². The lowest BCUT2D eigenvalue weighted by Gasteiger charge is -2.35. The number of thioether (sulfide) groups is 1. The summed E-state index contributed by atoms with van der Waals surface area (Å²) in [5, 5.41) is 13.0. The molecule has 1 heterocycles. The van der Waals surface area contributed by atoms with Crippen LogP contribution >= 0.6 is 27.7 Å². The van der Waals surface area contributed by atoms with Gasteiger partial charge >= 0.3 is 0 Å². The van der Waals surface area contributed by atoms with Gasteiger partial charge in [-0.25, -0.2) is 0 Å². The zero-order valence-corrected chi connectivity index (χ0v) is 23.2. The van der Waals surface area contributed by atoms with Crippen molar-refractivity contribution in [3.63, 3.8) is 0 Å². The number of ketones is 1. The van der Waals surface area contributed by atoms with Crippen LogP contribution in [-0.4, -0.2) is 16.5 Å². The third-order valence-electron chi connectivity index (χ3n) is 6.89. The predicted octanol–water partition coefficient (Wildman–Crippen LogP) is 8.62. The molecule has 0 fully saturated rings. The fraction of sp³-hybridized carbons (Fsp3) is 0.121. The maximum Gasteiger partial charge on any atom is 0.184 e. The minimum absolute atomic E-state index is 0.209. The predicted molar refractivity (Wildman–Crippen MR) is 158 cm³/mol. The average Bonchev–Trinajstić information content (AvgIpc) is 2.96. The number of halogens is 1. The second-order valence-electron chi connectivity index (χ2n) is 9.23. The number of rotatable bonds is 8. The van der Waals surface area contributed by atoms with Gasteiger partial charge in [-0.3, -0.25) is 9.78 Å². The Hall–Kier alpha value is -3.72. The highest BCUT2D eigenvalue weighted by Gasteiger charge is 2.49. The van der Waals surface area contributed by atoms with Crippen molar-refractivity contribution >= 4 is 44.2 Å². The van der Waals surface area contributed by atoms with Crippen molar-refractivity contribution < 1.29 is 4.79 Å². The monoisotopic (exact) mass is 576 g/mol. The molecule has 0 unspecified atom stereocenters. The molecular formula is C33H25BrN2OS. The van der Waals surface area contributed by atoms with E-state index in [4.69, 9.17) is 4.98 Å². The largest absolute Gasteiger partial charge is 0.292 e. The molecule has 3 nitrogen and oxygen atoms in total. The molecule has 0 aliphatic carbocycles. The molecule has 0 aliphatic rings. The number of carbonyl (C=O) groups excluding carboxylic acids is 1. The summed E-state index contributed by atoms with van der Waals surface area (Å²) in [6.07, 6.45) is 1.78. The first-order chi connectivity index (χ1) is 18.5. The number of aryl methyl sites for hydroxylation is 1. The minimum atomic E-state index is -1.43. The Kier molecular flexibility index (Phi) is 7.74. The highest BCUT2D eigenvalue weighted by atomic mass is 79.9. The van der Waals surface area contributed by atoms with E-state index in [9.17, 15) is 10.1 Å². The number of benzene rings is 4. The molecule has 0 spiro atoms. The van der Waals surface area contributed by atoms with Gasteiger partial charge in [0.15, 0.2) is 5.78 Å². The molecule has 0 amide bonds. The van der Waals surface area contributed by atoms with Crippen LogP contribution in [0.1, 0.15) is 33.1 Å². The van der Waals surface area contributed by atoms with Gasteiger partial charge in [-0.05, 0) is 53.8 Å². The van der Waals surface area contributed by atoms with Crippen LogP contribution in [0.4, 0.5) is 0 Å². The van der Waals surface area contributed by atoms with Crippen LogP contribution in [-0.2, 0) is 0 Å². The highest BCUT2D eigenvalue weighted by molar-refractivity contribution is 9.10. The number of nitrogens with zero attached hydrogens (tertiary/aromatic N) is 2. The number of hydrogen-bond acceptors (Lipinski definition) is 4. The fourth-order valence-electron chi connectivity index (χ4n) is 4.93. The van der Waals surface area contributed by atoms with Crippen molar-refractivity contribution in [3.8, 4) is 6.07 Å². The summed E-state index contributed by atoms with van der Waals surface area (Å²) in [5.74, 6) is -0.530. The Labute approximate surface area is 235 Å². The van der Waals surface area contributed by atoms with Gasteiger partial charge in [-0.2, -0.15) is 5.26 Å². The number of pyridine rings is 1. The van der Waals surface area contributed by atoms with Crippen LogP contribution in [0.2, 0.25) is 0 Å². The Morgan fingerprint density at radius 2 is 1.61 bits per heavy atom. The average molecular weight is 578 g/mol. The number of Topliss-reactive ketones (excluding diaryl/α,β-unsaturated/α-hetero) is 1. The maximum atomic E-state index is 14.6. The topological polar surface area (TPSA) is 53.8 Å². The molecule has 0 radical (unpaired) electrons. The summed E-state index contributed by atoms with van der Waals surface area (Å²) in [7, 11) is 0. The van der Waals surface area contributed by atoms with E-state index in [1.54, 1.807) is 18.3 Å². The van der Waals surface area contributed by atoms with E-state index in [-0.39, 0.29) is 11.5 Å². The van der Waals surface area contributed by atoms with Crippen LogP contribution in [0.5, 0.6) is 0 Å². The number of fused-ring (bicyclic) bond motifs is 1. The molecule has 0 bridgehead atoms. The molecule has 4 aromatic carbocycles. The van der Waals surface area contributed by atoms with Crippen molar-refractivity contribution in [1.82, 2.24) is 4.98 Å². The van der Waals surface area contributed by atoms with Gasteiger partial charge in [-0.15, -0.1) is 11.8 Å². The van der Waals surface area contributed by atoms with Crippen molar-refractivity contribution in [2.45, 2.75) is 17.7 Å². The van der Waals surface area contributed by atoms with Gasteiger partial charge < -0.3 is 0 Å². The van der Waals surface area contributed by atoms with Gasteiger partial charge in [0.05, 0.1) is 17.7 Å². The van der Waals surface area contributed by atoms with Crippen LogP contribution in [0, 0.1) is 23.7 Å². The van der Waals surface area contributed by atoms with E-state index in [0.717, 1.165) is 37.0 Å². The lowest BCUT2D eigenvalue weighted by molar-refractivity contribution is 0.0863. The van der Waals surface area contributed by atoms with E-state index in [2.05, 4.69) is 22.0 Å². The summed E-state index contributed by atoms with van der Waals surface area (Å²) in [6.45, 7) is 2.03. The van der Waals surface area contributed by atoms with Crippen molar-refractivity contribution in [3.05, 3.63) is 142 Å². The molecule has 5 aromatic rings. The number of aromatic nitrogens is 1. The quantitative estimate of drug-likeness (QED) is 0.137. The van der Waals surface area contributed by atoms with Crippen LogP contribution in [0.15, 0.2) is 125 Å². The number of nitriles is 1. The SMILES string of the molecule is Cc1ccccc1[C@H](c1nccc2ccccc12)[C@](C#N)(CSc1ccccc1)C(=O)c1ccc(Br)cc1. The third kappa shape index (κ3) is 5.03. The van der Waals surface area contributed by atoms with E-state index in [1.165, 1.54) is 11.8 Å².